The molecule has 0 aromatic carbocycles. The lowest BCUT2D eigenvalue weighted by Gasteiger charge is -2.22. The molecule has 154 valence electrons. The Labute approximate surface area is 159 Å². The number of alkyl carbamates (subject to hydrolysis) is 1. The predicted octanol–water partition coefficient (Wildman–Crippen LogP) is 1.81. The van der Waals surface area contributed by atoms with Crippen molar-refractivity contribution >= 4 is 18.2 Å². The molecule has 2 fully saturated rings. The molecule has 1 aliphatic carbocycles. The Hall–Kier alpha value is -2.85. The van der Waals surface area contributed by atoms with Crippen LogP contribution in [-0.2, 0) is 16.1 Å². The van der Waals surface area contributed by atoms with E-state index in [1.54, 1.807) is 6.92 Å². The van der Waals surface area contributed by atoms with Gasteiger partial charge in [-0.05, 0) is 31.6 Å². The Kier molecular flexibility index (Phi) is 5.71. The van der Waals surface area contributed by atoms with Crippen molar-refractivity contribution in [3.05, 3.63) is 17.5 Å². The van der Waals surface area contributed by atoms with Crippen molar-refractivity contribution < 1.29 is 37.9 Å². The second-order valence-corrected chi connectivity index (χ2v) is 7.10. The third-order valence-electron chi connectivity index (χ3n) is 5.04. The van der Waals surface area contributed by atoms with Gasteiger partial charge in [-0.2, -0.15) is 0 Å². The highest BCUT2D eigenvalue weighted by atomic mass is 19.1. The number of amides is 2. The van der Waals surface area contributed by atoms with Crippen LogP contribution in [0.3, 0.4) is 0 Å². The molecule has 0 radical (unpaired) electrons. The van der Waals surface area contributed by atoms with Gasteiger partial charge < -0.3 is 29.3 Å². The number of hydrogen-bond donors (Lipinski definition) is 2. The van der Waals surface area contributed by atoms with Gasteiger partial charge in [0, 0.05) is 19.2 Å². The van der Waals surface area contributed by atoms with E-state index in [-0.39, 0.29) is 55.9 Å². The van der Waals surface area contributed by atoms with E-state index in [0.717, 1.165) is 0 Å². The molecule has 2 heterocycles. The molecule has 11 heteroatoms. The second-order valence-electron chi connectivity index (χ2n) is 7.10. The summed E-state index contributed by atoms with van der Waals surface area (Å²) >= 11 is 0. The summed E-state index contributed by atoms with van der Waals surface area (Å²) < 4.78 is 29.5. The number of aromatic nitrogens is 1. The van der Waals surface area contributed by atoms with Gasteiger partial charge in [-0.1, -0.05) is 5.16 Å². The van der Waals surface area contributed by atoms with Gasteiger partial charge in [0.15, 0.2) is 18.1 Å². The first kappa shape index (κ1) is 19.9. The number of esters is 1. The third-order valence-corrected chi connectivity index (χ3v) is 5.04. The van der Waals surface area contributed by atoms with Gasteiger partial charge in [0.25, 0.3) is 0 Å². The van der Waals surface area contributed by atoms with Crippen LogP contribution < -0.4 is 5.32 Å². The quantitative estimate of drug-likeness (QED) is 0.693. The number of fused-ring (bicyclic) bond motifs is 1. The number of hydrogen-bond acceptors (Lipinski definition) is 7. The molecule has 0 bridgehead atoms. The molecule has 1 aliphatic heterocycles. The molecule has 2 amide bonds. The van der Waals surface area contributed by atoms with Crippen LogP contribution >= 0.6 is 0 Å². The zero-order valence-corrected chi connectivity index (χ0v) is 15.4. The Morgan fingerprint density at radius 3 is 2.64 bits per heavy atom. The van der Waals surface area contributed by atoms with Crippen LogP contribution in [0.25, 0.3) is 0 Å². The summed E-state index contributed by atoms with van der Waals surface area (Å²) in [6, 6.07) is 1.30. The Balaban J connectivity index is 1.40. The van der Waals surface area contributed by atoms with Gasteiger partial charge >= 0.3 is 18.2 Å². The van der Waals surface area contributed by atoms with Crippen LogP contribution in [0.5, 0.6) is 0 Å². The highest BCUT2D eigenvalue weighted by Crippen LogP contribution is 2.45. The summed E-state index contributed by atoms with van der Waals surface area (Å²) in [6.45, 7) is 2.02. The van der Waals surface area contributed by atoms with Crippen molar-refractivity contribution in [2.24, 2.45) is 11.8 Å². The summed E-state index contributed by atoms with van der Waals surface area (Å²) in [5.41, 5.74) is -1.61. The van der Waals surface area contributed by atoms with Gasteiger partial charge in [-0.15, -0.1) is 0 Å². The summed E-state index contributed by atoms with van der Waals surface area (Å²) in [4.78, 5) is 35.6. The molecule has 0 spiro atoms. The molecule has 2 unspecified atom stereocenters. The fourth-order valence-corrected chi connectivity index (χ4v) is 3.83. The van der Waals surface area contributed by atoms with Crippen molar-refractivity contribution in [1.82, 2.24) is 15.4 Å². The number of nitrogens with one attached hydrogen (secondary N) is 1. The molecular formula is C17H22FN3O7. The van der Waals surface area contributed by atoms with Gasteiger partial charge in [0.2, 0.25) is 0 Å². The lowest BCUT2D eigenvalue weighted by atomic mass is 10.0. The van der Waals surface area contributed by atoms with Crippen molar-refractivity contribution in [2.75, 3.05) is 26.2 Å². The first-order chi connectivity index (χ1) is 13.3. The summed E-state index contributed by atoms with van der Waals surface area (Å²) in [5.74, 6) is -0.560. The van der Waals surface area contributed by atoms with E-state index in [4.69, 9.17) is 19.1 Å². The van der Waals surface area contributed by atoms with Crippen LogP contribution in [0.4, 0.5) is 14.0 Å². The molecule has 2 atom stereocenters. The Morgan fingerprint density at radius 1 is 1.36 bits per heavy atom. The molecule has 3 rings (SSSR count). The highest BCUT2D eigenvalue weighted by molar-refractivity contribution is 5.87. The minimum Gasteiger partial charge on any atom is -0.465 e. The number of likely N-dealkylation sites (tertiary alicyclic amines) is 1. The zero-order chi connectivity index (χ0) is 20.3. The fourth-order valence-electron chi connectivity index (χ4n) is 3.83. The molecule has 1 saturated heterocycles. The van der Waals surface area contributed by atoms with Gasteiger partial charge in [-0.25, -0.2) is 18.8 Å². The summed E-state index contributed by atoms with van der Waals surface area (Å²) in [7, 11) is 0. The van der Waals surface area contributed by atoms with Crippen LogP contribution in [-0.4, -0.2) is 65.2 Å². The number of ether oxygens (including phenoxy) is 2. The molecule has 2 aliphatic rings. The van der Waals surface area contributed by atoms with Crippen LogP contribution in [0.2, 0.25) is 0 Å². The number of alkyl halides is 1. The molecule has 1 aromatic heterocycles. The van der Waals surface area contributed by atoms with Crippen molar-refractivity contribution in [2.45, 2.75) is 32.0 Å². The maximum atomic E-state index is 14.9. The lowest BCUT2D eigenvalue weighted by Crippen LogP contribution is -2.40. The van der Waals surface area contributed by atoms with E-state index >= 15 is 0 Å². The van der Waals surface area contributed by atoms with E-state index in [1.165, 1.54) is 11.0 Å². The maximum Gasteiger partial charge on any atom is 0.407 e. The molecular weight excluding hydrogens is 377 g/mol. The van der Waals surface area contributed by atoms with Crippen molar-refractivity contribution in [3.63, 3.8) is 0 Å². The van der Waals surface area contributed by atoms with Gasteiger partial charge in [-0.3, -0.25) is 0 Å². The van der Waals surface area contributed by atoms with Crippen molar-refractivity contribution in [1.29, 1.82) is 0 Å². The van der Waals surface area contributed by atoms with E-state index in [2.05, 4.69) is 10.5 Å². The molecule has 1 saturated carbocycles. The van der Waals surface area contributed by atoms with E-state index in [0.29, 0.717) is 13.1 Å². The Morgan fingerprint density at radius 2 is 2.04 bits per heavy atom. The topological polar surface area (TPSA) is 131 Å². The predicted molar refractivity (Wildman–Crippen MR) is 90.3 cm³/mol. The minimum absolute atomic E-state index is 0.0310. The van der Waals surface area contributed by atoms with Crippen LogP contribution in [0.15, 0.2) is 10.6 Å². The number of carboxylic acid groups (broad SMARTS) is 1. The number of carbonyl (C=O) groups excluding carboxylic acids is 2. The monoisotopic (exact) mass is 399 g/mol. The van der Waals surface area contributed by atoms with Gasteiger partial charge in [0.05, 0.1) is 13.2 Å². The second kappa shape index (κ2) is 8.03. The van der Waals surface area contributed by atoms with Crippen LogP contribution in [0, 0.1) is 11.8 Å². The minimum atomic E-state index is -1.58. The highest BCUT2D eigenvalue weighted by Gasteiger charge is 2.50. The average Bonchev–Trinajstić information content (AvgIpc) is 3.32. The normalized spacial score (nSPS) is 26.0. The molecule has 1 aromatic rings. The number of halogens is 1. The standard InChI is InChI=1S/C17H22FN3O7/c1-2-26-14(22)13-3-12(28-20-13)8-27-15(23)19-9-17(18)4-10-6-21(16(24)25)7-11(10)5-17/h3,10-11H,2,4-9H2,1H3,(H,19,23)(H,24,25). The first-order valence-corrected chi connectivity index (χ1v) is 9.00. The van der Waals surface area contributed by atoms with E-state index in [9.17, 15) is 18.8 Å². The third kappa shape index (κ3) is 4.52. The van der Waals surface area contributed by atoms with Crippen LogP contribution in [0.1, 0.15) is 36.0 Å². The maximum absolute atomic E-state index is 14.9. The number of nitrogens with zero attached hydrogens (tertiary/aromatic N) is 2. The Bertz CT molecular complexity index is 739. The molecule has 10 nitrogen and oxygen atoms in total. The van der Waals surface area contributed by atoms with E-state index in [1.807, 2.05) is 0 Å². The van der Waals surface area contributed by atoms with Crippen molar-refractivity contribution in [3.8, 4) is 0 Å². The fraction of sp³-hybridized carbons (Fsp3) is 0.647. The first-order valence-electron chi connectivity index (χ1n) is 9.00. The summed E-state index contributed by atoms with van der Waals surface area (Å²) in [6.07, 6.45) is -1.41. The average molecular weight is 399 g/mol. The largest absolute Gasteiger partial charge is 0.465 e. The smallest absolute Gasteiger partial charge is 0.407 e. The SMILES string of the molecule is CCOC(=O)c1cc(COC(=O)NCC2(F)CC3CN(C(=O)O)CC3C2)on1. The zero-order valence-electron chi connectivity index (χ0n) is 15.4. The summed E-state index contributed by atoms with van der Waals surface area (Å²) in [5, 5.41) is 14.9. The number of rotatable bonds is 6. The number of carbonyl (C=O) groups is 3. The van der Waals surface area contributed by atoms with E-state index < -0.39 is 23.8 Å². The molecule has 2 N–H and O–H groups in total. The lowest BCUT2D eigenvalue weighted by molar-refractivity contribution is 0.0514. The molecule has 28 heavy (non-hydrogen) atoms. The van der Waals surface area contributed by atoms with Gasteiger partial charge in [0.1, 0.15) is 5.67 Å².